The number of fused-ring (bicyclic) bond motifs is 1. The molecule has 28 heavy (non-hydrogen) atoms. The number of nitrogens with zero attached hydrogens (tertiary/aromatic N) is 1. The van der Waals surface area contributed by atoms with Crippen molar-refractivity contribution in [3.8, 4) is 16.9 Å². The number of aromatic nitrogens is 1. The number of hydrogen-bond acceptors (Lipinski definition) is 3. The van der Waals surface area contributed by atoms with Crippen LogP contribution < -0.4 is 10.1 Å². The van der Waals surface area contributed by atoms with Gasteiger partial charge in [0.1, 0.15) is 11.9 Å². The van der Waals surface area contributed by atoms with Crippen LogP contribution >= 0.6 is 0 Å². The van der Waals surface area contributed by atoms with Crippen molar-refractivity contribution in [1.82, 2.24) is 10.3 Å². The summed E-state index contributed by atoms with van der Waals surface area (Å²) in [5, 5.41) is 3.03. The molecular weight excluding hydrogens is 348 g/mol. The number of amides is 1. The summed E-state index contributed by atoms with van der Waals surface area (Å²) in [5.41, 5.74) is 5.78. The van der Waals surface area contributed by atoms with E-state index in [4.69, 9.17) is 4.74 Å². The molecule has 142 valence electrons. The van der Waals surface area contributed by atoms with Gasteiger partial charge in [0.15, 0.2) is 0 Å². The Kier molecular flexibility index (Phi) is 5.38. The summed E-state index contributed by atoms with van der Waals surface area (Å²) in [6, 6.07) is 18.5. The van der Waals surface area contributed by atoms with Crippen molar-refractivity contribution in [2.45, 2.75) is 32.3 Å². The number of benzene rings is 2. The second-order valence-corrected chi connectivity index (χ2v) is 7.26. The predicted octanol–water partition coefficient (Wildman–Crippen LogP) is 4.11. The molecule has 3 aromatic rings. The van der Waals surface area contributed by atoms with Gasteiger partial charge in [0, 0.05) is 30.8 Å². The van der Waals surface area contributed by atoms with Crippen molar-refractivity contribution in [1.29, 1.82) is 0 Å². The molecule has 0 aliphatic carbocycles. The molecule has 1 N–H and O–H groups in total. The molecule has 1 aromatic heterocycles. The highest BCUT2D eigenvalue weighted by Crippen LogP contribution is 2.38. The molecule has 0 spiro atoms. The molecule has 0 saturated heterocycles. The first-order chi connectivity index (χ1) is 13.7. The summed E-state index contributed by atoms with van der Waals surface area (Å²) >= 11 is 0. The van der Waals surface area contributed by atoms with Crippen LogP contribution in [0.15, 0.2) is 67.0 Å². The third kappa shape index (κ3) is 4.22. The Morgan fingerprint density at radius 3 is 2.68 bits per heavy atom. The lowest BCUT2D eigenvalue weighted by Crippen LogP contribution is -2.34. The molecule has 0 saturated carbocycles. The highest BCUT2D eigenvalue weighted by molar-refractivity contribution is 5.76. The van der Waals surface area contributed by atoms with Crippen molar-refractivity contribution in [3.05, 3.63) is 83.7 Å². The Hall–Kier alpha value is -3.14. The first-order valence-electron chi connectivity index (χ1n) is 9.70. The van der Waals surface area contributed by atoms with Crippen LogP contribution in [-0.2, 0) is 17.6 Å². The van der Waals surface area contributed by atoms with Crippen LogP contribution in [0.25, 0.3) is 11.1 Å². The number of carbonyl (C=O) groups excluding carboxylic acids is 1. The minimum Gasteiger partial charge on any atom is -0.487 e. The molecule has 1 aliphatic heterocycles. The Balaban J connectivity index is 1.32. The molecule has 4 nitrogen and oxygen atoms in total. The van der Waals surface area contributed by atoms with Crippen LogP contribution in [0, 0.1) is 6.92 Å². The maximum Gasteiger partial charge on any atom is 0.220 e. The SMILES string of the molecule is Cc1ccc(CCC(=O)NC[C@H]2Cc3cccc(-c4ccncc4)c3O2)cc1. The summed E-state index contributed by atoms with van der Waals surface area (Å²) in [5.74, 6) is 0.988. The fraction of sp³-hybridized carbons (Fsp3) is 0.250. The van der Waals surface area contributed by atoms with E-state index in [2.05, 4.69) is 59.7 Å². The fourth-order valence-corrected chi connectivity index (χ4v) is 3.54. The third-order valence-corrected chi connectivity index (χ3v) is 5.11. The van der Waals surface area contributed by atoms with Crippen LogP contribution in [-0.4, -0.2) is 23.5 Å². The van der Waals surface area contributed by atoms with Gasteiger partial charge < -0.3 is 10.1 Å². The average molecular weight is 372 g/mol. The Labute approximate surface area is 165 Å². The molecule has 0 bridgehead atoms. The van der Waals surface area contributed by atoms with E-state index in [1.54, 1.807) is 12.4 Å². The molecule has 1 amide bonds. The minimum atomic E-state index is -0.0266. The smallest absolute Gasteiger partial charge is 0.220 e. The zero-order chi connectivity index (χ0) is 19.3. The maximum atomic E-state index is 12.2. The van der Waals surface area contributed by atoms with Crippen molar-refractivity contribution in [2.24, 2.45) is 0 Å². The fourth-order valence-electron chi connectivity index (χ4n) is 3.54. The summed E-state index contributed by atoms with van der Waals surface area (Å²) in [6.07, 6.45) is 5.60. The predicted molar refractivity (Wildman–Crippen MR) is 110 cm³/mol. The van der Waals surface area contributed by atoms with Crippen LogP contribution in [0.3, 0.4) is 0 Å². The van der Waals surface area contributed by atoms with Gasteiger partial charge in [-0.3, -0.25) is 9.78 Å². The standard InChI is InChI=1S/C24H24N2O2/c1-17-5-7-18(8-6-17)9-10-23(27)26-16-21-15-20-3-2-4-22(24(20)28-21)19-11-13-25-14-12-19/h2-8,11-14,21H,9-10,15-16H2,1H3,(H,26,27)/t21-/m1/s1. The van der Waals surface area contributed by atoms with Gasteiger partial charge in [-0.05, 0) is 42.2 Å². The zero-order valence-electron chi connectivity index (χ0n) is 16.0. The minimum absolute atomic E-state index is 0.0266. The van der Waals surface area contributed by atoms with Gasteiger partial charge in [-0.1, -0.05) is 48.0 Å². The Morgan fingerprint density at radius 2 is 1.89 bits per heavy atom. The Morgan fingerprint density at radius 1 is 1.11 bits per heavy atom. The zero-order valence-corrected chi connectivity index (χ0v) is 16.0. The van der Waals surface area contributed by atoms with Gasteiger partial charge in [0.25, 0.3) is 0 Å². The molecular formula is C24H24N2O2. The summed E-state index contributed by atoms with van der Waals surface area (Å²) in [4.78, 5) is 16.3. The van der Waals surface area contributed by atoms with Crippen LogP contribution in [0.4, 0.5) is 0 Å². The molecule has 4 rings (SSSR count). The van der Waals surface area contributed by atoms with Crippen molar-refractivity contribution >= 4 is 5.91 Å². The first kappa shape index (κ1) is 18.2. The normalized spacial score (nSPS) is 15.0. The quantitative estimate of drug-likeness (QED) is 0.708. The van der Waals surface area contributed by atoms with E-state index < -0.39 is 0 Å². The number of rotatable bonds is 6. The van der Waals surface area contributed by atoms with Gasteiger partial charge in [0.2, 0.25) is 5.91 Å². The topological polar surface area (TPSA) is 51.2 Å². The van der Waals surface area contributed by atoms with Crippen molar-refractivity contribution < 1.29 is 9.53 Å². The van der Waals surface area contributed by atoms with E-state index >= 15 is 0 Å². The second kappa shape index (κ2) is 8.26. The average Bonchev–Trinajstić information content (AvgIpc) is 3.15. The monoisotopic (exact) mass is 372 g/mol. The largest absolute Gasteiger partial charge is 0.487 e. The lowest BCUT2D eigenvalue weighted by molar-refractivity contribution is -0.121. The summed E-state index contributed by atoms with van der Waals surface area (Å²) in [6.45, 7) is 2.59. The van der Waals surface area contributed by atoms with E-state index in [1.807, 2.05) is 12.1 Å². The number of carbonyl (C=O) groups is 1. The molecule has 1 aliphatic rings. The number of ether oxygens (including phenoxy) is 1. The Bertz CT molecular complexity index is 952. The first-order valence-corrected chi connectivity index (χ1v) is 9.70. The van der Waals surface area contributed by atoms with Gasteiger partial charge in [-0.2, -0.15) is 0 Å². The summed E-state index contributed by atoms with van der Waals surface area (Å²) in [7, 11) is 0. The number of pyridine rings is 1. The lowest BCUT2D eigenvalue weighted by atomic mass is 10.0. The van der Waals surface area contributed by atoms with E-state index in [0.29, 0.717) is 13.0 Å². The molecule has 2 heterocycles. The lowest BCUT2D eigenvalue weighted by Gasteiger charge is -2.13. The van der Waals surface area contributed by atoms with Gasteiger partial charge in [0.05, 0.1) is 6.54 Å². The van der Waals surface area contributed by atoms with Crippen LogP contribution in [0.5, 0.6) is 5.75 Å². The van der Waals surface area contributed by atoms with Gasteiger partial charge in [-0.15, -0.1) is 0 Å². The molecule has 0 fully saturated rings. The number of para-hydroxylation sites is 1. The van der Waals surface area contributed by atoms with Gasteiger partial charge >= 0.3 is 0 Å². The molecule has 4 heteroatoms. The molecule has 0 radical (unpaired) electrons. The number of hydrogen-bond donors (Lipinski definition) is 1. The van der Waals surface area contributed by atoms with E-state index in [9.17, 15) is 4.79 Å². The van der Waals surface area contributed by atoms with Crippen LogP contribution in [0.2, 0.25) is 0 Å². The van der Waals surface area contributed by atoms with Gasteiger partial charge in [-0.25, -0.2) is 0 Å². The molecule has 0 unspecified atom stereocenters. The highest BCUT2D eigenvalue weighted by Gasteiger charge is 2.25. The number of aryl methyl sites for hydroxylation is 2. The van der Waals surface area contributed by atoms with E-state index in [1.165, 1.54) is 16.7 Å². The van der Waals surface area contributed by atoms with Crippen molar-refractivity contribution in [2.75, 3.05) is 6.54 Å². The summed E-state index contributed by atoms with van der Waals surface area (Å²) < 4.78 is 6.18. The molecule has 2 aromatic carbocycles. The second-order valence-electron chi connectivity index (χ2n) is 7.26. The maximum absolute atomic E-state index is 12.2. The van der Waals surface area contributed by atoms with Crippen molar-refractivity contribution in [3.63, 3.8) is 0 Å². The third-order valence-electron chi connectivity index (χ3n) is 5.11. The van der Waals surface area contributed by atoms with E-state index in [-0.39, 0.29) is 12.0 Å². The van der Waals surface area contributed by atoms with E-state index in [0.717, 1.165) is 29.7 Å². The molecule has 1 atom stereocenters. The van der Waals surface area contributed by atoms with Crippen LogP contribution in [0.1, 0.15) is 23.1 Å². The number of nitrogens with one attached hydrogen (secondary N) is 1. The highest BCUT2D eigenvalue weighted by atomic mass is 16.5.